The molecular formula is C15H18F3N5O. The lowest BCUT2D eigenvalue weighted by molar-refractivity contribution is -0.141. The van der Waals surface area contributed by atoms with Crippen LogP contribution in [0.2, 0.25) is 0 Å². The Kier molecular flexibility index (Phi) is 5.53. The normalized spacial score (nSPS) is 12.9. The monoisotopic (exact) mass is 341 g/mol. The first kappa shape index (κ1) is 17.9. The predicted molar refractivity (Wildman–Crippen MR) is 80.0 cm³/mol. The van der Waals surface area contributed by atoms with Crippen molar-refractivity contribution >= 4 is 5.91 Å². The van der Waals surface area contributed by atoms with E-state index in [1.807, 2.05) is 6.92 Å². The van der Waals surface area contributed by atoms with E-state index < -0.39 is 11.9 Å². The number of carbonyl (C=O) groups excluding carboxylic acids is 1. The van der Waals surface area contributed by atoms with Crippen LogP contribution in [0.4, 0.5) is 13.2 Å². The molecule has 2 rings (SSSR count). The Bertz CT molecular complexity index is 685. The predicted octanol–water partition coefficient (Wildman–Crippen LogP) is 2.31. The van der Waals surface area contributed by atoms with Crippen molar-refractivity contribution in [1.82, 2.24) is 25.1 Å². The maximum Gasteiger partial charge on any atom is 0.433 e. The van der Waals surface area contributed by atoms with Crippen LogP contribution in [0.1, 0.15) is 36.6 Å². The van der Waals surface area contributed by atoms with E-state index in [-0.39, 0.29) is 42.9 Å². The van der Waals surface area contributed by atoms with Crippen LogP contribution in [0, 0.1) is 6.92 Å². The van der Waals surface area contributed by atoms with E-state index in [1.165, 1.54) is 6.92 Å². The zero-order chi connectivity index (χ0) is 17.7. The number of hydrogen-bond donors (Lipinski definition) is 1. The molecule has 1 amide bonds. The number of nitrogens with zero attached hydrogens (tertiary/aromatic N) is 4. The van der Waals surface area contributed by atoms with Crippen molar-refractivity contribution in [1.29, 1.82) is 0 Å². The van der Waals surface area contributed by atoms with Gasteiger partial charge in [0.15, 0.2) is 0 Å². The van der Waals surface area contributed by atoms with Crippen molar-refractivity contribution in [3.8, 4) is 0 Å². The summed E-state index contributed by atoms with van der Waals surface area (Å²) in [6.07, 6.45) is -0.763. The van der Waals surface area contributed by atoms with Gasteiger partial charge in [-0.3, -0.25) is 9.48 Å². The molecule has 24 heavy (non-hydrogen) atoms. The molecular weight excluding hydrogens is 323 g/mol. The molecule has 0 aromatic carbocycles. The van der Waals surface area contributed by atoms with Gasteiger partial charge in [0.1, 0.15) is 11.5 Å². The average molecular weight is 341 g/mol. The standard InChI is InChI=1S/C15H18F3N5O/c1-10-8-12(15(16,17)18)22-13(21-10)4-6-19-14(24)9-11(2)23-7-3-5-20-23/h3,5,7-8,11H,4,6,9H2,1-2H3,(H,19,24)/t11-/m1/s1. The van der Waals surface area contributed by atoms with Crippen molar-refractivity contribution in [2.75, 3.05) is 6.54 Å². The van der Waals surface area contributed by atoms with E-state index in [0.29, 0.717) is 0 Å². The number of halogens is 3. The lowest BCUT2D eigenvalue weighted by Crippen LogP contribution is -2.28. The first-order valence-corrected chi connectivity index (χ1v) is 7.43. The quantitative estimate of drug-likeness (QED) is 0.875. The fraction of sp³-hybridized carbons (Fsp3) is 0.467. The Morgan fingerprint density at radius 3 is 2.75 bits per heavy atom. The van der Waals surface area contributed by atoms with Crippen molar-refractivity contribution < 1.29 is 18.0 Å². The summed E-state index contributed by atoms with van der Waals surface area (Å²) in [5, 5.41) is 6.71. The van der Waals surface area contributed by atoms with E-state index in [9.17, 15) is 18.0 Å². The van der Waals surface area contributed by atoms with Crippen molar-refractivity contribution in [3.63, 3.8) is 0 Å². The highest BCUT2D eigenvalue weighted by molar-refractivity contribution is 5.76. The molecule has 2 aromatic heterocycles. The fourth-order valence-electron chi connectivity index (χ4n) is 2.18. The van der Waals surface area contributed by atoms with Gasteiger partial charge in [-0.15, -0.1) is 0 Å². The molecule has 1 atom stereocenters. The molecule has 0 saturated carbocycles. The molecule has 0 bridgehead atoms. The first-order valence-electron chi connectivity index (χ1n) is 7.43. The molecule has 0 radical (unpaired) electrons. The molecule has 2 heterocycles. The minimum absolute atomic E-state index is 0.0581. The zero-order valence-corrected chi connectivity index (χ0v) is 13.3. The second kappa shape index (κ2) is 7.41. The molecule has 0 aliphatic rings. The topological polar surface area (TPSA) is 72.7 Å². The summed E-state index contributed by atoms with van der Waals surface area (Å²) >= 11 is 0. The number of nitrogens with one attached hydrogen (secondary N) is 1. The Morgan fingerprint density at radius 1 is 1.38 bits per heavy atom. The Balaban J connectivity index is 1.85. The van der Waals surface area contributed by atoms with Gasteiger partial charge in [-0.05, 0) is 26.0 Å². The van der Waals surface area contributed by atoms with Crippen LogP contribution < -0.4 is 5.32 Å². The van der Waals surface area contributed by atoms with Gasteiger partial charge >= 0.3 is 6.18 Å². The highest BCUT2D eigenvalue weighted by atomic mass is 19.4. The van der Waals surface area contributed by atoms with E-state index >= 15 is 0 Å². The smallest absolute Gasteiger partial charge is 0.356 e. The van der Waals surface area contributed by atoms with Crippen LogP contribution in [0.3, 0.4) is 0 Å². The fourth-order valence-corrected chi connectivity index (χ4v) is 2.18. The largest absolute Gasteiger partial charge is 0.433 e. The SMILES string of the molecule is Cc1cc(C(F)(F)F)nc(CCNC(=O)C[C@@H](C)n2cccn2)n1. The lowest BCUT2D eigenvalue weighted by atomic mass is 10.2. The number of carbonyl (C=O) groups is 1. The lowest BCUT2D eigenvalue weighted by Gasteiger charge is -2.12. The van der Waals surface area contributed by atoms with Gasteiger partial charge in [0.2, 0.25) is 5.91 Å². The van der Waals surface area contributed by atoms with Gasteiger partial charge < -0.3 is 5.32 Å². The summed E-state index contributed by atoms with van der Waals surface area (Å²) in [7, 11) is 0. The third-order valence-electron chi connectivity index (χ3n) is 3.32. The Hall–Kier alpha value is -2.45. The van der Waals surface area contributed by atoms with Gasteiger partial charge in [-0.1, -0.05) is 0 Å². The molecule has 9 heteroatoms. The molecule has 0 fully saturated rings. The van der Waals surface area contributed by atoms with Crippen LogP contribution >= 0.6 is 0 Å². The minimum atomic E-state index is -4.51. The molecule has 0 spiro atoms. The second-order valence-electron chi connectivity index (χ2n) is 5.45. The van der Waals surface area contributed by atoms with Crippen LogP contribution in [0.15, 0.2) is 24.5 Å². The highest BCUT2D eigenvalue weighted by Crippen LogP contribution is 2.27. The summed E-state index contributed by atoms with van der Waals surface area (Å²) in [5.41, 5.74) is -0.727. The Labute approximate surface area is 137 Å². The summed E-state index contributed by atoms with van der Waals surface area (Å²) in [6, 6.07) is 2.56. The van der Waals surface area contributed by atoms with Gasteiger partial charge in [0, 0.05) is 37.5 Å². The molecule has 130 valence electrons. The van der Waals surface area contributed by atoms with Crippen molar-refractivity contribution in [2.24, 2.45) is 0 Å². The highest BCUT2D eigenvalue weighted by Gasteiger charge is 2.33. The average Bonchev–Trinajstić information content (AvgIpc) is 3.00. The molecule has 1 N–H and O–H groups in total. The summed E-state index contributed by atoms with van der Waals surface area (Å²) in [4.78, 5) is 19.3. The Morgan fingerprint density at radius 2 is 2.12 bits per heavy atom. The second-order valence-corrected chi connectivity index (χ2v) is 5.45. The number of hydrogen-bond acceptors (Lipinski definition) is 4. The number of alkyl halides is 3. The van der Waals surface area contributed by atoms with Crippen LogP contribution in [0.25, 0.3) is 0 Å². The number of rotatable bonds is 6. The number of aryl methyl sites for hydroxylation is 1. The van der Waals surface area contributed by atoms with E-state index in [2.05, 4.69) is 20.4 Å². The molecule has 0 unspecified atom stereocenters. The maximum absolute atomic E-state index is 12.7. The summed E-state index contributed by atoms with van der Waals surface area (Å²) < 4.78 is 39.8. The zero-order valence-electron chi connectivity index (χ0n) is 13.3. The molecule has 6 nitrogen and oxygen atoms in total. The third-order valence-corrected chi connectivity index (χ3v) is 3.32. The first-order chi connectivity index (χ1) is 11.3. The third kappa shape index (κ3) is 5.04. The summed E-state index contributed by atoms with van der Waals surface area (Å²) in [5.74, 6) is -0.149. The van der Waals surface area contributed by atoms with Crippen molar-refractivity contribution in [3.05, 3.63) is 41.7 Å². The van der Waals surface area contributed by atoms with E-state index in [1.54, 1.807) is 23.1 Å². The maximum atomic E-state index is 12.7. The molecule has 2 aromatic rings. The van der Waals surface area contributed by atoms with E-state index in [4.69, 9.17) is 0 Å². The van der Waals surface area contributed by atoms with Gasteiger partial charge in [-0.2, -0.15) is 18.3 Å². The number of aromatic nitrogens is 4. The van der Waals surface area contributed by atoms with Gasteiger partial charge in [-0.25, -0.2) is 9.97 Å². The van der Waals surface area contributed by atoms with Crippen LogP contribution in [0.5, 0.6) is 0 Å². The van der Waals surface area contributed by atoms with Crippen molar-refractivity contribution in [2.45, 2.75) is 38.9 Å². The van der Waals surface area contributed by atoms with Crippen LogP contribution in [-0.2, 0) is 17.4 Å². The molecule has 0 aliphatic carbocycles. The molecule has 0 saturated heterocycles. The van der Waals surface area contributed by atoms with Crippen LogP contribution in [-0.4, -0.2) is 32.2 Å². The number of amides is 1. The van der Waals surface area contributed by atoms with Gasteiger partial charge in [0.05, 0.1) is 6.04 Å². The summed E-state index contributed by atoms with van der Waals surface area (Å²) in [6.45, 7) is 3.50. The van der Waals surface area contributed by atoms with E-state index in [0.717, 1.165) is 6.07 Å². The minimum Gasteiger partial charge on any atom is -0.356 e. The van der Waals surface area contributed by atoms with Gasteiger partial charge in [0.25, 0.3) is 0 Å². The molecule has 0 aliphatic heterocycles.